The maximum atomic E-state index is 5.52. The first-order chi connectivity index (χ1) is 6.22. The Kier molecular flexibility index (Phi) is 3.93. The fourth-order valence-electron chi connectivity index (χ4n) is 0.915. The molecule has 0 atom stereocenters. The van der Waals surface area contributed by atoms with Gasteiger partial charge in [0.2, 0.25) is 0 Å². The third kappa shape index (κ3) is 3.57. The van der Waals surface area contributed by atoms with E-state index in [0.717, 1.165) is 5.56 Å². The largest absolute Gasteiger partial charge is 0.409 e. The number of hydrogen-bond donors (Lipinski definition) is 0. The fraction of sp³-hybridized carbons (Fsp3) is 0.273. The van der Waals surface area contributed by atoms with E-state index in [2.05, 4.69) is 18.7 Å². The van der Waals surface area contributed by atoms with Crippen LogP contribution in [-0.2, 0) is 4.43 Å². The molecule has 0 N–H and O–H groups in total. The minimum atomic E-state index is 0.297. The van der Waals surface area contributed by atoms with Crippen LogP contribution in [0.4, 0.5) is 0 Å². The Morgan fingerprint density at radius 3 is 2.85 bits per heavy atom. The van der Waals surface area contributed by atoms with E-state index < -0.39 is 0 Å². The second-order valence-corrected chi connectivity index (χ2v) is 4.12. The van der Waals surface area contributed by atoms with Crippen LogP contribution in [0.2, 0.25) is 0 Å². The van der Waals surface area contributed by atoms with Crippen LogP contribution in [0.25, 0.3) is 6.08 Å². The second kappa shape index (κ2) is 4.99. The molecule has 68 valence electrons. The van der Waals surface area contributed by atoms with Crippen molar-refractivity contribution in [1.82, 2.24) is 0 Å². The van der Waals surface area contributed by atoms with E-state index in [1.54, 1.807) is 0 Å². The van der Waals surface area contributed by atoms with Crippen LogP contribution in [0.5, 0.6) is 0 Å². The fourth-order valence-corrected chi connectivity index (χ4v) is 1.68. The lowest BCUT2D eigenvalue weighted by molar-refractivity contribution is 0.260. The molecule has 1 aromatic carbocycles. The Balaban J connectivity index is 2.61. The summed E-state index contributed by atoms with van der Waals surface area (Å²) in [6.45, 7) is 7.82. The summed E-state index contributed by atoms with van der Waals surface area (Å²) in [4.78, 5) is 0. The average Bonchev–Trinajstić information content (AvgIpc) is 2.15. The Labute approximate surface area is 82.4 Å². The molecule has 0 amide bonds. The van der Waals surface area contributed by atoms with E-state index in [0.29, 0.717) is 15.9 Å². The highest BCUT2D eigenvalue weighted by atomic mass is 28.2. The summed E-state index contributed by atoms with van der Waals surface area (Å²) < 4.78 is 5.52. The van der Waals surface area contributed by atoms with Crippen molar-refractivity contribution in [2.45, 2.75) is 20.0 Å². The van der Waals surface area contributed by atoms with E-state index in [9.17, 15) is 0 Å². The van der Waals surface area contributed by atoms with Gasteiger partial charge in [0.1, 0.15) is 0 Å². The van der Waals surface area contributed by atoms with E-state index in [-0.39, 0.29) is 0 Å². The van der Waals surface area contributed by atoms with Gasteiger partial charge in [0.05, 0.1) is 0 Å². The standard InChI is InChI=1S/C11H14OSi/c1-4-10-6-5-7-11(8-10)13-12-9(2)3/h4-9H,1H2,2-3H3. The van der Waals surface area contributed by atoms with Crippen molar-refractivity contribution < 1.29 is 4.43 Å². The summed E-state index contributed by atoms with van der Waals surface area (Å²) in [5.74, 6) is 0. The zero-order valence-electron chi connectivity index (χ0n) is 8.08. The second-order valence-electron chi connectivity index (χ2n) is 3.10. The maximum absolute atomic E-state index is 5.52. The monoisotopic (exact) mass is 190 g/mol. The van der Waals surface area contributed by atoms with Crippen molar-refractivity contribution in [3.63, 3.8) is 0 Å². The molecule has 0 saturated carbocycles. The number of benzene rings is 1. The molecule has 0 saturated heterocycles. The van der Waals surface area contributed by atoms with Gasteiger partial charge >= 0.3 is 0 Å². The molecule has 0 spiro atoms. The Morgan fingerprint density at radius 2 is 2.23 bits per heavy atom. The minimum Gasteiger partial charge on any atom is -0.409 e. The summed E-state index contributed by atoms with van der Waals surface area (Å²) in [7, 11) is 0.436. The van der Waals surface area contributed by atoms with Crippen LogP contribution in [0, 0.1) is 0 Å². The van der Waals surface area contributed by atoms with Crippen molar-refractivity contribution in [2.24, 2.45) is 0 Å². The van der Waals surface area contributed by atoms with Crippen molar-refractivity contribution in [3.8, 4) is 0 Å². The third-order valence-electron chi connectivity index (χ3n) is 1.53. The predicted molar refractivity (Wildman–Crippen MR) is 58.1 cm³/mol. The molecule has 2 heteroatoms. The molecule has 0 unspecified atom stereocenters. The van der Waals surface area contributed by atoms with Gasteiger partial charge in [0, 0.05) is 6.10 Å². The van der Waals surface area contributed by atoms with E-state index in [4.69, 9.17) is 4.43 Å². The molecule has 0 aliphatic carbocycles. The lowest BCUT2D eigenvalue weighted by Gasteiger charge is -2.05. The average molecular weight is 190 g/mol. The quantitative estimate of drug-likeness (QED) is 0.660. The van der Waals surface area contributed by atoms with Crippen LogP contribution in [0.15, 0.2) is 30.8 Å². The van der Waals surface area contributed by atoms with Gasteiger partial charge in [-0.05, 0) is 24.6 Å². The van der Waals surface area contributed by atoms with Crippen LogP contribution in [-0.4, -0.2) is 15.9 Å². The molecule has 0 aromatic heterocycles. The van der Waals surface area contributed by atoms with Crippen molar-refractivity contribution >= 4 is 21.0 Å². The van der Waals surface area contributed by atoms with Crippen LogP contribution >= 0.6 is 0 Å². The number of hydrogen-bond acceptors (Lipinski definition) is 1. The van der Waals surface area contributed by atoms with Gasteiger partial charge in [-0.1, -0.05) is 36.9 Å². The van der Waals surface area contributed by atoms with E-state index in [1.807, 2.05) is 32.1 Å². The molecule has 0 bridgehead atoms. The predicted octanol–water partition coefficient (Wildman–Crippen LogP) is 2.00. The molecule has 0 aliphatic rings. The Morgan fingerprint density at radius 1 is 1.46 bits per heavy atom. The van der Waals surface area contributed by atoms with Crippen LogP contribution in [0.3, 0.4) is 0 Å². The van der Waals surface area contributed by atoms with Crippen molar-refractivity contribution in [1.29, 1.82) is 0 Å². The maximum Gasteiger partial charge on any atom is 0.269 e. The van der Waals surface area contributed by atoms with Gasteiger partial charge in [0.15, 0.2) is 0 Å². The lowest BCUT2D eigenvalue weighted by Crippen LogP contribution is -2.20. The Bertz CT molecular complexity index is 281. The Hall–Kier alpha value is -0.863. The summed E-state index contributed by atoms with van der Waals surface area (Å²) in [5, 5.41) is 1.23. The van der Waals surface area contributed by atoms with Gasteiger partial charge in [-0.25, -0.2) is 0 Å². The molecule has 0 heterocycles. The summed E-state index contributed by atoms with van der Waals surface area (Å²) >= 11 is 0. The summed E-state index contributed by atoms with van der Waals surface area (Å²) in [6.07, 6.45) is 2.15. The SMILES string of the molecule is C=Cc1cccc([Si]OC(C)C)c1. The summed E-state index contributed by atoms with van der Waals surface area (Å²) in [5.41, 5.74) is 1.15. The molecule has 13 heavy (non-hydrogen) atoms. The van der Waals surface area contributed by atoms with Gasteiger partial charge in [-0.3, -0.25) is 0 Å². The first-order valence-electron chi connectivity index (χ1n) is 4.36. The summed E-state index contributed by atoms with van der Waals surface area (Å²) in [6, 6.07) is 8.25. The van der Waals surface area contributed by atoms with E-state index in [1.165, 1.54) is 5.19 Å². The molecule has 0 fully saturated rings. The highest BCUT2D eigenvalue weighted by Gasteiger charge is 1.98. The van der Waals surface area contributed by atoms with Crippen molar-refractivity contribution in [2.75, 3.05) is 0 Å². The molecular weight excluding hydrogens is 176 g/mol. The molecule has 1 rings (SSSR count). The minimum absolute atomic E-state index is 0.297. The lowest BCUT2D eigenvalue weighted by atomic mass is 10.2. The van der Waals surface area contributed by atoms with Gasteiger partial charge in [0.25, 0.3) is 9.76 Å². The zero-order chi connectivity index (χ0) is 9.68. The highest BCUT2D eigenvalue weighted by Crippen LogP contribution is 1.97. The third-order valence-corrected chi connectivity index (χ3v) is 2.67. The normalized spacial score (nSPS) is 10.4. The first kappa shape index (κ1) is 10.2. The molecule has 1 aromatic rings. The smallest absolute Gasteiger partial charge is 0.269 e. The van der Waals surface area contributed by atoms with E-state index >= 15 is 0 Å². The van der Waals surface area contributed by atoms with Gasteiger partial charge < -0.3 is 4.43 Å². The molecule has 2 radical (unpaired) electrons. The molecular formula is C11H14OSi. The van der Waals surface area contributed by atoms with Gasteiger partial charge in [-0.2, -0.15) is 0 Å². The van der Waals surface area contributed by atoms with Crippen LogP contribution < -0.4 is 5.19 Å². The molecule has 0 aliphatic heterocycles. The highest BCUT2D eigenvalue weighted by molar-refractivity contribution is 6.47. The topological polar surface area (TPSA) is 9.23 Å². The zero-order valence-corrected chi connectivity index (χ0v) is 9.08. The van der Waals surface area contributed by atoms with Gasteiger partial charge in [-0.15, -0.1) is 0 Å². The number of rotatable bonds is 4. The molecule has 1 nitrogen and oxygen atoms in total. The van der Waals surface area contributed by atoms with Crippen molar-refractivity contribution in [3.05, 3.63) is 36.4 Å². The first-order valence-corrected chi connectivity index (χ1v) is 5.27. The van der Waals surface area contributed by atoms with Crippen LogP contribution in [0.1, 0.15) is 19.4 Å².